The Bertz CT molecular complexity index is 1350. The number of anilines is 1. The van der Waals surface area contributed by atoms with Crippen LogP contribution in [0.2, 0.25) is 0 Å². The molecule has 1 fully saturated rings. The van der Waals surface area contributed by atoms with Crippen LogP contribution in [0.15, 0.2) is 48.9 Å². The van der Waals surface area contributed by atoms with Crippen molar-refractivity contribution < 1.29 is 22.9 Å². The van der Waals surface area contributed by atoms with Crippen LogP contribution in [-0.2, 0) is 21.1 Å². The minimum absolute atomic E-state index is 0.000768. The van der Waals surface area contributed by atoms with E-state index in [1.54, 1.807) is 40.9 Å². The van der Waals surface area contributed by atoms with Crippen LogP contribution in [0.25, 0.3) is 5.52 Å². The Morgan fingerprint density at radius 1 is 1.21 bits per heavy atom. The molecular weight excluding hydrogens is 450 g/mol. The number of nitro benzene ring substituents is 1. The van der Waals surface area contributed by atoms with Crippen molar-refractivity contribution in [3.63, 3.8) is 0 Å². The quantitative estimate of drug-likeness (QED) is 0.393. The minimum atomic E-state index is -3.41. The number of benzene rings is 1. The number of aromatic nitrogens is 2. The third-order valence-electron chi connectivity index (χ3n) is 5.50. The zero-order valence-electron chi connectivity index (χ0n) is 17.4. The van der Waals surface area contributed by atoms with E-state index in [-0.39, 0.29) is 30.1 Å². The van der Waals surface area contributed by atoms with Crippen LogP contribution < -0.4 is 10.6 Å². The van der Waals surface area contributed by atoms with Crippen molar-refractivity contribution in [3.05, 3.63) is 70.3 Å². The zero-order valence-corrected chi connectivity index (χ0v) is 18.2. The van der Waals surface area contributed by atoms with Crippen molar-refractivity contribution in [2.45, 2.75) is 24.5 Å². The van der Waals surface area contributed by atoms with Gasteiger partial charge in [0.25, 0.3) is 11.6 Å². The van der Waals surface area contributed by atoms with Gasteiger partial charge in [0.15, 0.2) is 15.5 Å². The molecule has 3 heterocycles. The van der Waals surface area contributed by atoms with Gasteiger partial charge in [-0.25, -0.2) is 13.4 Å². The van der Waals surface area contributed by atoms with Gasteiger partial charge in [-0.1, -0.05) is 18.2 Å². The third kappa shape index (κ3) is 4.70. The Balaban J connectivity index is 1.41. The predicted octanol–water partition coefficient (Wildman–Crippen LogP) is 1.73. The predicted molar refractivity (Wildman–Crippen MR) is 120 cm³/mol. The van der Waals surface area contributed by atoms with Gasteiger partial charge in [-0.2, -0.15) is 0 Å². The summed E-state index contributed by atoms with van der Waals surface area (Å²) in [7, 11) is -3.41. The summed E-state index contributed by atoms with van der Waals surface area (Å²) < 4.78 is 25.5. The van der Waals surface area contributed by atoms with Crippen molar-refractivity contribution in [2.75, 3.05) is 17.6 Å². The molecule has 1 aliphatic rings. The standard InChI is InChI=1S/C21H21N5O6S/c27-20(18-6-3-11-33(18,31)32)24-15-7-8-17-19(23-13-25(17)12-15)21(28)22-10-9-14-4-1-2-5-16(14)26(29)30/h1-2,4-5,7-8,12-13,18H,3,6,9-11H2,(H,22,28)(H,24,27). The molecule has 0 saturated carbocycles. The Kier molecular flexibility index (Phi) is 6.09. The Hall–Kier alpha value is -3.80. The van der Waals surface area contributed by atoms with E-state index in [0.29, 0.717) is 29.6 Å². The van der Waals surface area contributed by atoms with E-state index in [1.807, 2.05) is 0 Å². The maximum absolute atomic E-state index is 12.6. The molecule has 3 aromatic rings. The van der Waals surface area contributed by atoms with E-state index in [2.05, 4.69) is 15.6 Å². The molecule has 0 spiro atoms. The normalized spacial score (nSPS) is 17.0. The maximum Gasteiger partial charge on any atom is 0.272 e. The number of fused-ring (bicyclic) bond motifs is 1. The molecule has 0 aliphatic carbocycles. The van der Waals surface area contributed by atoms with E-state index in [9.17, 15) is 28.1 Å². The highest BCUT2D eigenvalue weighted by Gasteiger charge is 2.37. The van der Waals surface area contributed by atoms with Gasteiger partial charge in [0.2, 0.25) is 5.91 Å². The first kappa shape index (κ1) is 22.4. The number of sulfone groups is 1. The second-order valence-electron chi connectivity index (χ2n) is 7.68. The molecule has 172 valence electrons. The Labute approximate surface area is 188 Å². The molecule has 4 rings (SSSR count). The summed E-state index contributed by atoms with van der Waals surface area (Å²) in [6.45, 7) is 0.187. The monoisotopic (exact) mass is 471 g/mol. The molecule has 1 aromatic carbocycles. The lowest BCUT2D eigenvalue weighted by molar-refractivity contribution is -0.385. The van der Waals surface area contributed by atoms with Gasteiger partial charge < -0.3 is 15.0 Å². The fourth-order valence-corrected chi connectivity index (χ4v) is 5.62. The number of nitro groups is 1. The molecule has 0 radical (unpaired) electrons. The summed E-state index contributed by atoms with van der Waals surface area (Å²) >= 11 is 0. The highest BCUT2D eigenvalue weighted by atomic mass is 32.2. The second kappa shape index (κ2) is 8.98. The highest BCUT2D eigenvalue weighted by Crippen LogP contribution is 2.22. The number of hydrogen-bond donors (Lipinski definition) is 2. The highest BCUT2D eigenvalue weighted by molar-refractivity contribution is 7.93. The van der Waals surface area contributed by atoms with Gasteiger partial charge in [-0.05, 0) is 31.4 Å². The molecule has 11 nitrogen and oxygen atoms in total. The molecule has 1 unspecified atom stereocenters. The van der Waals surface area contributed by atoms with E-state index in [4.69, 9.17) is 0 Å². The van der Waals surface area contributed by atoms with E-state index in [0.717, 1.165) is 0 Å². The van der Waals surface area contributed by atoms with Gasteiger partial charge in [0.05, 0.1) is 21.9 Å². The summed E-state index contributed by atoms with van der Waals surface area (Å²) in [5.74, 6) is -0.994. The number of nitrogens with zero attached hydrogens (tertiary/aromatic N) is 3. The maximum atomic E-state index is 12.6. The fourth-order valence-electron chi connectivity index (χ4n) is 3.85. The number of amides is 2. The number of carbonyl (C=O) groups is 2. The van der Waals surface area contributed by atoms with Gasteiger partial charge in [0.1, 0.15) is 11.6 Å². The van der Waals surface area contributed by atoms with Crippen molar-refractivity contribution in [1.82, 2.24) is 14.7 Å². The zero-order chi connectivity index (χ0) is 23.6. The van der Waals surface area contributed by atoms with Crippen LogP contribution in [0.3, 0.4) is 0 Å². The van der Waals surface area contributed by atoms with Crippen LogP contribution in [0, 0.1) is 10.1 Å². The van der Waals surface area contributed by atoms with Crippen LogP contribution in [0.4, 0.5) is 11.4 Å². The average molecular weight is 471 g/mol. The van der Waals surface area contributed by atoms with Gasteiger partial charge in [-0.15, -0.1) is 0 Å². The summed E-state index contributed by atoms with van der Waals surface area (Å²) in [6, 6.07) is 9.51. The number of hydrogen-bond acceptors (Lipinski definition) is 7. The first-order chi connectivity index (χ1) is 15.8. The van der Waals surface area contributed by atoms with Crippen LogP contribution in [0.5, 0.6) is 0 Å². The SMILES string of the molecule is O=C(NCCc1ccccc1[N+](=O)[O-])c1ncn2cc(NC(=O)C3CCCS3(=O)=O)ccc12. The van der Waals surface area contributed by atoms with Crippen LogP contribution in [-0.4, -0.2) is 52.1 Å². The largest absolute Gasteiger partial charge is 0.350 e. The summed E-state index contributed by atoms with van der Waals surface area (Å²) in [4.78, 5) is 39.7. The third-order valence-corrected chi connectivity index (χ3v) is 7.68. The summed E-state index contributed by atoms with van der Waals surface area (Å²) in [5.41, 5.74) is 1.55. The lowest BCUT2D eigenvalue weighted by Crippen LogP contribution is -2.31. The average Bonchev–Trinajstić information content (AvgIpc) is 3.36. The summed E-state index contributed by atoms with van der Waals surface area (Å²) in [5, 5.41) is 15.4. The number of carbonyl (C=O) groups excluding carboxylic acids is 2. The van der Waals surface area contributed by atoms with Crippen LogP contribution >= 0.6 is 0 Å². The second-order valence-corrected chi connectivity index (χ2v) is 9.99. The first-order valence-corrected chi connectivity index (χ1v) is 12.0. The molecule has 2 N–H and O–H groups in total. The minimum Gasteiger partial charge on any atom is -0.350 e. The number of pyridine rings is 1. The van der Waals surface area contributed by atoms with Crippen molar-refractivity contribution in [2.24, 2.45) is 0 Å². The molecule has 1 saturated heterocycles. The molecule has 1 atom stereocenters. The first-order valence-electron chi connectivity index (χ1n) is 10.3. The molecular formula is C21H21N5O6S. The number of para-hydroxylation sites is 1. The van der Waals surface area contributed by atoms with Gasteiger partial charge >= 0.3 is 0 Å². The lowest BCUT2D eigenvalue weighted by atomic mass is 10.1. The number of nitrogens with one attached hydrogen (secondary N) is 2. The number of imidazole rings is 1. The molecule has 1 aliphatic heterocycles. The van der Waals surface area contributed by atoms with E-state index >= 15 is 0 Å². The Morgan fingerprint density at radius 2 is 2.00 bits per heavy atom. The van der Waals surface area contributed by atoms with Gasteiger partial charge in [0, 0.05) is 24.4 Å². The van der Waals surface area contributed by atoms with E-state index < -0.39 is 31.8 Å². The topological polar surface area (TPSA) is 153 Å². The van der Waals surface area contributed by atoms with Crippen molar-refractivity contribution >= 4 is 38.5 Å². The molecule has 12 heteroatoms. The summed E-state index contributed by atoms with van der Waals surface area (Å²) in [6.07, 6.45) is 4.02. The van der Waals surface area contributed by atoms with Crippen molar-refractivity contribution in [3.8, 4) is 0 Å². The van der Waals surface area contributed by atoms with Crippen LogP contribution in [0.1, 0.15) is 28.9 Å². The van der Waals surface area contributed by atoms with Gasteiger partial charge in [-0.3, -0.25) is 19.7 Å². The lowest BCUT2D eigenvalue weighted by Gasteiger charge is -2.11. The van der Waals surface area contributed by atoms with E-state index in [1.165, 1.54) is 12.4 Å². The smallest absolute Gasteiger partial charge is 0.272 e. The van der Waals surface area contributed by atoms with Crippen molar-refractivity contribution in [1.29, 1.82) is 0 Å². The molecule has 33 heavy (non-hydrogen) atoms. The molecule has 2 aromatic heterocycles. The molecule has 0 bridgehead atoms. The molecule has 2 amide bonds. The number of rotatable bonds is 7. The Morgan fingerprint density at radius 3 is 2.73 bits per heavy atom. The fraction of sp³-hybridized carbons (Fsp3) is 0.286.